The molecule has 2 aromatic heterocycles. The third-order valence-electron chi connectivity index (χ3n) is 3.18. The van der Waals surface area contributed by atoms with E-state index in [9.17, 15) is 9.90 Å². The molecule has 1 N–H and O–H groups in total. The van der Waals surface area contributed by atoms with Gasteiger partial charge in [0.05, 0.1) is 17.1 Å². The van der Waals surface area contributed by atoms with E-state index >= 15 is 0 Å². The quantitative estimate of drug-likeness (QED) is 0.804. The molecule has 1 aromatic carbocycles. The first-order chi connectivity index (χ1) is 10.1. The summed E-state index contributed by atoms with van der Waals surface area (Å²) < 4.78 is 1.64. The second-order valence-electron chi connectivity index (χ2n) is 4.73. The van der Waals surface area contributed by atoms with Gasteiger partial charge in [-0.2, -0.15) is 5.10 Å². The van der Waals surface area contributed by atoms with Gasteiger partial charge in [-0.05, 0) is 19.1 Å². The first-order valence-electron chi connectivity index (χ1n) is 6.35. The van der Waals surface area contributed by atoms with E-state index in [2.05, 4.69) is 10.1 Å². The molecule has 0 radical (unpaired) electrons. The number of rotatable bonds is 3. The minimum Gasteiger partial charge on any atom is -0.478 e. The Kier molecular flexibility index (Phi) is 3.39. The third-order valence-corrected chi connectivity index (χ3v) is 4.34. The molecule has 0 atom stereocenters. The second kappa shape index (κ2) is 5.21. The lowest BCUT2D eigenvalue weighted by Crippen LogP contribution is -2.01. The summed E-state index contributed by atoms with van der Waals surface area (Å²) in [6.45, 7) is 2.02. The van der Waals surface area contributed by atoms with E-state index < -0.39 is 5.97 Å². The van der Waals surface area contributed by atoms with Crippen molar-refractivity contribution in [2.24, 2.45) is 7.05 Å². The minimum absolute atomic E-state index is 0.195. The lowest BCUT2D eigenvalue weighted by atomic mass is 10.2. The van der Waals surface area contributed by atoms with Crippen molar-refractivity contribution in [1.29, 1.82) is 0 Å². The average Bonchev–Trinajstić information content (AvgIpc) is 2.83. The summed E-state index contributed by atoms with van der Waals surface area (Å²) in [7, 11) is 1.79. The summed E-state index contributed by atoms with van der Waals surface area (Å²) in [5.41, 5.74) is 2.04. The highest BCUT2D eigenvalue weighted by molar-refractivity contribution is 7.99. The van der Waals surface area contributed by atoms with Crippen LogP contribution in [0.2, 0.25) is 0 Å². The molecule has 3 aromatic rings. The zero-order chi connectivity index (χ0) is 15.0. The highest BCUT2D eigenvalue weighted by Crippen LogP contribution is 2.35. The fraction of sp³-hybridized carbons (Fsp3) is 0.133. The van der Waals surface area contributed by atoms with Crippen LogP contribution in [0.25, 0.3) is 11.0 Å². The monoisotopic (exact) mass is 299 g/mol. The number of pyridine rings is 1. The standard InChI is InChI=1S/C15H13N3O2S/c1-9-3-5-10(6-4-9)21-13-11-8-17-18(2)14(11)16-7-12(13)15(19)20/h3-8H,1-2H3,(H,19,20). The summed E-state index contributed by atoms with van der Waals surface area (Å²) in [5.74, 6) is -0.983. The Morgan fingerprint density at radius 3 is 2.62 bits per heavy atom. The number of hydrogen-bond acceptors (Lipinski definition) is 4. The van der Waals surface area contributed by atoms with Gasteiger partial charge >= 0.3 is 5.97 Å². The van der Waals surface area contributed by atoms with Gasteiger partial charge in [-0.25, -0.2) is 9.78 Å². The molecule has 3 rings (SSSR count). The Bertz CT molecular complexity index is 825. The van der Waals surface area contributed by atoms with Crippen molar-refractivity contribution in [3.63, 3.8) is 0 Å². The maximum absolute atomic E-state index is 11.4. The molecular formula is C15H13N3O2S. The van der Waals surface area contributed by atoms with Gasteiger partial charge in [0.25, 0.3) is 0 Å². The highest BCUT2D eigenvalue weighted by atomic mass is 32.2. The van der Waals surface area contributed by atoms with Crippen LogP contribution in [-0.4, -0.2) is 25.8 Å². The number of hydrogen-bond donors (Lipinski definition) is 1. The zero-order valence-corrected chi connectivity index (χ0v) is 12.4. The molecule has 0 unspecified atom stereocenters. The fourth-order valence-electron chi connectivity index (χ4n) is 2.06. The molecule has 0 fully saturated rings. The minimum atomic E-state index is -0.983. The van der Waals surface area contributed by atoms with Crippen LogP contribution in [-0.2, 0) is 7.05 Å². The number of carboxylic acid groups (broad SMARTS) is 1. The van der Waals surface area contributed by atoms with E-state index in [1.807, 2.05) is 31.2 Å². The Labute approximate surface area is 125 Å². The molecule has 0 saturated heterocycles. The maximum Gasteiger partial charge on any atom is 0.338 e. The van der Waals surface area contributed by atoms with Gasteiger partial charge in [0.15, 0.2) is 5.65 Å². The van der Waals surface area contributed by atoms with Crippen molar-refractivity contribution in [3.8, 4) is 0 Å². The summed E-state index contributed by atoms with van der Waals surface area (Å²) in [4.78, 5) is 17.3. The maximum atomic E-state index is 11.4. The molecule has 0 bridgehead atoms. The van der Waals surface area contributed by atoms with Crippen molar-refractivity contribution in [1.82, 2.24) is 14.8 Å². The Hall–Kier alpha value is -2.34. The Balaban J connectivity index is 2.16. The van der Waals surface area contributed by atoms with Gasteiger partial charge in [0.1, 0.15) is 0 Å². The topological polar surface area (TPSA) is 68.0 Å². The van der Waals surface area contributed by atoms with Crippen molar-refractivity contribution < 1.29 is 9.90 Å². The molecule has 0 aliphatic carbocycles. The van der Waals surface area contributed by atoms with Gasteiger partial charge in [-0.15, -0.1) is 0 Å². The molecule has 21 heavy (non-hydrogen) atoms. The number of aryl methyl sites for hydroxylation is 2. The van der Waals surface area contributed by atoms with Crippen LogP contribution in [0.15, 0.2) is 46.5 Å². The molecule has 2 heterocycles. The van der Waals surface area contributed by atoms with E-state index in [0.29, 0.717) is 10.5 Å². The predicted molar refractivity (Wildman–Crippen MR) is 80.8 cm³/mol. The van der Waals surface area contributed by atoms with Crippen molar-refractivity contribution in [3.05, 3.63) is 47.8 Å². The van der Waals surface area contributed by atoms with Crippen LogP contribution in [0, 0.1) is 6.92 Å². The highest BCUT2D eigenvalue weighted by Gasteiger charge is 2.17. The molecular weight excluding hydrogens is 286 g/mol. The zero-order valence-electron chi connectivity index (χ0n) is 11.6. The normalized spacial score (nSPS) is 11.0. The second-order valence-corrected chi connectivity index (χ2v) is 5.81. The van der Waals surface area contributed by atoms with Crippen molar-refractivity contribution in [2.75, 3.05) is 0 Å². The lowest BCUT2D eigenvalue weighted by molar-refractivity contribution is 0.0693. The molecule has 0 amide bonds. The van der Waals surface area contributed by atoms with Gasteiger partial charge < -0.3 is 5.11 Å². The number of aromatic carboxylic acids is 1. The predicted octanol–water partition coefficient (Wildman–Crippen LogP) is 3.13. The molecule has 0 saturated carbocycles. The number of carbonyl (C=O) groups is 1. The fourth-order valence-corrected chi connectivity index (χ4v) is 3.07. The van der Waals surface area contributed by atoms with Crippen LogP contribution >= 0.6 is 11.8 Å². The molecule has 106 valence electrons. The lowest BCUT2D eigenvalue weighted by Gasteiger charge is -2.07. The van der Waals surface area contributed by atoms with E-state index in [1.165, 1.54) is 23.5 Å². The van der Waals surface area contributed by atoms with E-state index in [0.717, 1.165) is 10.3 Å². The first kappa shape index (κ1) is 13.6. The molecule has 5 nitrogen and oxygen atoms in total. The van der Waals surface area contributed by atoms with E-state index in [4.69, 9.17) is 0 Å². The van der Waals surface area contributed by atoms with E-state index in [1.54, 1.807) is 17.9 Å². The number of aromatic nitrogens is 3. The molecule has 6 heteroatoms. The average molecular weight is 299 g/mol. The summed E-state index contributed by atoms with van der Waals surface area (Å²) in [6, 6.07) is 7.97. The van der Waals surface area contributed by atoms with Crippen molar-refractivity contribution in [2.45, 2.75) is 16.7 Å². The van der Waals surface area contributed by atoms with Crippen LogP contribution in [0.3, 0.4) is 0 Å². The molecule has 0 aliphatic heterocycles. The Morgan fingerprint density at radius 2 is 1.95 bits per heavy atom. The smallest absolute Gasteiger partial charge is 0.338 e. The summed E-state index contributed by atoms with van der Waals surface area (Å²) in [5, 5.41) is 14.3. The number of carboxylic acids is 1. The SMILES string of the molecule is Cc1ccc(Sc2c(C(=O)O)cnc3c2cnn3C)cc1. The summed E-state index contributed by atoms with van der Waals surface area (Å²) >= 11 is 1.42. The first-order valence-corrected chi connectivity index (χ1v) is 7.16. The summed E-state index contributed by atoms with van der Waals surface area (Å²) in [6.07, 6.45) is 3.05. The Morgan fingerprint density at radius 1 is 1.24 bits per heavy atom. The van der Waals surface area contributed by atoms with Crippen molar-refractivity contribution >= 4 is 28.8 Å². The van der Waals surface area contributed by atoms with Gasteiger partial charge in [0.2, 0.25) is 0 Å². The molecule has 0 spiro atoms. The van der Waals surface area contributed by atoms with E-state index in [-0.39, 0.29) is 5.56 Å². The number of nitrogens with zero attached hydrogens (tertiary/aromatic N) is 3. The third kappa shape index (κ3) is 2.50. The largest absolute Gasteiger partial charge is 0.478 e. The van der Waals surface area contributed by atoms with Crippen LogP contribution in [0.1, 0.15) is 15.9 Å². The van der Waals surface area contributed by atoms with Crippen LogP contribution in [0.5, 0.6) is 0 Å². The number of benzene rings is 1. The van der Waals surface area contributed by atoms with Crippen LogP contribution in [0.4, 0.5) is 0 Å². The van der Waals surface area contributed by atoms with Gasteiger partial charge in [0, 0.05) is 23.0 Å². The van der Waals surface area contributed by atoms with Gasteiger partial charge in [-0.3, -0.25) is 4.68 Å². The van der Waals surface area contributed by atoms with Gasteiger partial charge in [-0.1, -0.05) is 29.5 Å². The number of fused-ring (bicyclic) bond motifs is 1. The molecule has 0 aliphatic rings. The van der Waals surface area contributed by atoms with Crippen LogP contribution < -0.4 is 0 Å².